The van der Waals surface area contributed by atoms with Crippen LogP contribution < -0.4 is 0 Å². The maximum absolute atomic E-state index is 5.91. The average Bonchev–Trinajstić information content (AvgIpc) is 2.00. The van der Waals surface area contributed by atoms with Gasteiger partial charge in [0.05, 0.1) is 7.85 Å². The zero-order valence-electron chi connectivity index (χ0n) is 9.00. The van der Waals surface area contributed by atoms with Gasteiger partial charge in [-0.3, -0.25) is 0 Å². The molecule has 4 atom stereocenters. The Morgan fingerprint density at radius 2 is 2.08 bits per heavy atom. The van der Waals surface area contributed by atoms with Gasteiger partial charge in [0.25, 0.3) is 0 Å². The van der Waals surface area contributed by atoms with Gasteiger partial charge in [-0.1, -0.05) is 45.3 Å². The molecule has 2 rings (SSSR count). The summed E-state index contributed by atoms with van der Waals surface area (Å²) in [6.45, 7) is 4.77. The maximum atomic E-state index is 5.91. The molecule has 1 heteroatoms. The van der Waals surface area contributed by atoms with Crippen molar-refractivity contribution in [2.75, 3.05) is 0 Å². The van der Waals surface area contributed by atoms with Gasteiger partial charge in [0.15, 0.2) is 0 Å². The lowest BCUT2D eigenvalue weighted by Gasteiger charge is -2.44. The van der Waals surface area contributed by atoms with Crippen LogP contribution in [-0.2, 0) is 0 Å². The third-order valence-corrected chi connectivity index (χ3v) is 4.62. The van der Waals surface area contributed by atoms with Crippen LogP contribution in [0.1, 0.15) is 46.0 Å². The molecule has 2 aliphatic rings. The van der Waals surface area contributed by atoms with Crippen molar-refractivity contribution < 1.29 is 0 Å². The van der Waals surface area contributed by atoms with E-state index in [0.717, 1.165) is 23.7 Å². The third kappa shape index (κ3) is 1.80. The molecule has 4 unspecified atom stereocenters. The van der Waals surface area contributed by atoms with E-state index in [9.17, 15) is 0 Å². The lowest BCUT2D eigenvalue weighted by Crippen LogP contribution is -2.33. The first kappa shape index (κ1) is 9.61. The van der Waals surface area contributed by atoms with Crippen molar-refractivity contribution in [1.82, 2.24) is 0 Å². The van der Waals surface area contributed by atoms with Crippen LogP contribution in [0, 0.1) is 23.7 Å². The van der Waals surface area contributed by atoms with Gasteiger partial charge in [-0.15, -0.1) is 0 Å². The molecule has 0 N–H and O–H groups in total. The van der Waals surface area contributed by atoms with Gasteiger partial charge in [0.2, 0.25) is 0 Å². The van der Waals surface area contributed by atoms with Crippen molar-refractivity contribution in [3.05, 3.63) is 0 Å². The summed E-state index contributed by atoms with van der Waals surface area (Å²) >= 11 is 0. The van der Waals surface area contributed by atoms with E-state index < -0.39 is 0 Å². The van der Waals surface area contributed by atoms with Crippen molar-refractivity contribution >= 4 is 7.85 Å². The largest absolute Gasteiger partial charge is 0.0743 e. The van der Waals surface area contributed by atoms with Crippen molar-refractivity contribution in [2.24, 2.45) is 23.7 Å². The summed E-state index contributed by atoms with van der Waals surface area (Å²) < 4.78 is 0. The second-order valence-corrected chi connectivity index (χ2v) is 5.42. The zero-order valence-corrected chi connectivity index (χ0v) is 9.00. The minimum Gasteiger partial charge on any atom is -0.0743 e. The molecular formula is C12H21B. The van der Waals surface area contributed by atoms with Crippen LogP contribution in [0.2, 0.25) is 5.82 Å². The molecule has 2 aliphatic carbocycles. The van der Waals surface area contributed by atoms with Gasteiger partial charge in [0, 0.05) is 0 Å². The van der Waals surface area contributed by atoms with Crippen LogP contribution in [0.4, 0.5) is 0 Å². The highest BCUT2D eigenvalue weighted by molar-refractivity contribution is 6.12. The summed E-state index contributed by atoms with van der Waals surface area (Å²) in [5.74, 6) is 4.28. The molecule has 0 heterocycles. The van der Waals surface area contributed by atoms with Gasteiger partial charge in [-0.05, 0) is 30.1 Å². The van der Waals surface area contributed by atoms with Gasteiger partial charge >= 0.3 is 0 Å². The van der Waals surface area contributed by atoms with E-state index >= 15 is 0 Å². The van der Waals surface area contributed by atoms with Crippen molar-refractivity contribution in [3.63, 3.8) is 0 Å². The van der Waals surface area contributed by atoms with Gasteiger partial charge in [-0.25, -0.2) is 0 Å². The van der Waals surface area contributed by atoms with E-state index in [1.807, 2.05) is 0 Å². The summed E-state index contributed by atoms with van der Waals surface area (Å²) in [7, 11) is 5.91. The van der Waals surface area contributed by atoms with Crippen molar-refractivity contribution in [1.29, 1.82) is 0 Å². The number of hydrogen-bond acceptors (Lipinski definition) is 0. The lowest BCUT2D eigenvalue weighted by molar-refractivity contribution is 0.115. The Bertz CT molecular complexity index is 172. The molecule has 0 aromatic heterocycles. The summed E-state index contributed by atoms with van der Waals surface area (Å²) in [6, 6.07) is 0. The fourth-order valence-corrected chi connectivity index (χ4v) is 2.92. The molecule has 2 fully saturated rings. The van der Waals surface area contributed by atoms with Crippen molar-refractivity contribution in [2.45, 2.75) is 51.8 Å². The molecule has 0 aromatic carbocycles. The summed E-state index contributed by atoms with van der Waals surface area (Å²) in [6.07, 6.45) is 7.20. The fraction of sp³-hybridized carbons (Fsp3) is 1.00. The van der Waals surface area contributed by atoms with Crippen molar-refractivity contribution in [3.8, 4) is 0 Å². The standard InChI is InChI=1S/C12H21B/c1-8(10-4-3-5-10)6-11-7-12(13)9(11)2/h8-12H,3-7H2,1-2H3. The molecule has 72 valence electrons. The summed E-state index contributed by atoms with van der Waals surface area (Å²) in [5.41, 5.74) is 0. The first-order valence-corrected chi connectivity index (χ1v) is 5.94. The van der Waals surface area contributed by atoms with Crippen LogP contribution in [0.5, 0.6) is 0 Å². The Kier molecular flexibility index (Phi) is 2.71. The Labute approximate surface area is 83.9 Å². The molecular weight excluding hydrogens is 155 g/mol. The van der Waals surface area contributed by atoms with E-state index in [4.69, 9.17) is 7.85 Å². The lowest BCUT2D eigenvalue weighted by atomic mass is 9.54. The first-order valence-electron chi connectivity index (χ1n) is 5.94. The molecule has 2 saturated carbocycles. The van der Waals surface area contributed by atoms with E-state index in [1.165, 1.54) is 32.1 Å². The predicted molar refractivity (Wildman–Crippen MR) is 57.9 cm³/mol. The fourth-order valence-electron chi connectivity index (χ4n) is 2.92. The molecule has 0 aromatic rings. The summed E-state index contributed by atoms with van der Waals surface area (Å²) in [5, 5.41) is 0. The molecule has 0 amide bonds. The minimum atomic E-state index is 0.513. The molecule has 2 radical (unpaired) electrons. The van der Waals surface area contributed by atoms with Crippen LogP contribution in [-0.4, -0.2) is 7.85 Å². The topological polar surface area (TPSA) is 0 Å². The highest BCUT2D eigenvalue weighted by Gasteiger charge is 2.36. The highest BCUT2D eigenvalue weighted by atomic mass is 14.4. The number of rotatable bonds is 3. The van der Waals surface area contributed by atoms with Crippen LogP contribution in [0.3, 0.4) is 0 Å². The van der Waals surface area contributed by atoms with Gasteiger partial charge in [0.1, 0.15) is 0 Å². The molecule has 0 spiro atoms. The molecule has 0 aliphatic heterocycles. The quantitative estimate of drug-likeness (QED) is 0.578. The zero-order chi connectivity index (χ0) is 9.42. The predicted octanol–water partition coefficient (Wildman–Crippen LogP) is 3.43. The molecule has 0 nitrogen and oxygen atoms in total. The van der Waals surface area contributed by atoms with Crippen LogP contribution in [0.15, 0.2) is 0 Å². The van der Waals surface area contributed by atoms with Crippen LogP contribution in [0.25, 0.3) is 0 Å². The van der Waals surface area contributed by atoms with Crippen LogP contribution >= 0.6 is 0 Å². The monoisotopic (exact) mass is 176 g/mol. The maximum Gasteiger partial charge on any atom is 0.0703 e. The van der Waals surface area contributed by atoms with E-state index in [1.54, 1.807) is 0 Å². The Morgan fingerprint density at radius 3 is 2.46 bits per heavy atom. The summed E-state index contributed by atoms with van der Waals surface area (Å²) in [4.78, 5) is 0. The Morgan fingerprint density at radius 1 is 1.38 bits per heavy atom. The molecule has 0 saturated heterocycles. The van der Waals surface area contributed by atoms with Gasteiger partial charge < -0.3 is 0 Å². The highest BCUT2D eigenvalue weighted by Crippen LogP contribution is 2.48. The van der Waals surface area contributed by atoms with E-state index in [0.29, 0.717) is 5.82 Å². The number of hydrogen-bond donors (Lipinski definition) is 0. The average molecular weight is 176 g/mol. The normalized spacial score (nSPS) is 42.2. The van der Waals surface area contributed by atoms with Gasteiger partial charge in [-0.2, -0.15) is 0 Å². The smallest absolute Gasteiger partial charge is 0.0703 e. The van der Waals surface area contributed by atoms with E-state index in [-0.39, 0.29) is 0 Å². The second-order valence-electron chi connectivity index (χ2n) is 5.42. The first-order chi connectivity index (χ1) is 6.18. The SMILES string of the molecule is [B]C1CC(CC(C)C2CCC2)C1C. The Balaban J connectivity index is 1.72. The second kappa shape index (κ2) is 3.67. The Hall–Kier alpha value is 0.0649. The third-order valence-electron chi connectivity index (χ3n) is 4.62. The molecule has 13 heavy (non-hydrogen) atoms. The minimum absolute atomic E-state index is 0.513. The van der Waals surface area contributed by atoms with E-state index in [2.05, 4.69) is 13.8 Å². The molecule has 0 bridgehead atoms.